The van der Waals surface area contributed by atoms with E-state index in [4.69, 9.17) is 18.0 Å². The van der Waals surface area contributed by atoms with E-state index >= 15 is 0 Å². The van der Waals surface area contributed by atoms with Crippen LogP contribution in [0.25, 0.3) is 0 Å². The Labute approximate surface area is 94.8 Å². The molecular weight excluding hydrogens is 210 g/mol. The van der Waals surface area contributed by atoms with E-state index in [1.54, 1.807) is 19.2 Å². The van der Waals surface area contributed by atoms with E-state index in [9.17, 15) is 4.79 Å². The summed E-state index contributed by atoms with van der Waals surface area (Å²) in [4.78, 5) is 13.2. The molecule has 0 atom stereocenters. The summed E-state index contributed by atoms with van der Waals surface area (Å²) >= 11 is 5.93. The first kappa shape index (κ1) is 11.6. The normalized spacial score (nSPS) is 9.47. The number of benzene rings is 1. The van der Waals surface area contributed by atoms with Gasteiger partial charge in [-0.15, -0.1) is 6.42 Å². The molecular formula is C12H12ClNO. The van der Waals surface area contributed by atoms with Crippen molar-refractivity contribution in [3.8, 4) is 12.3 Å². The van der Waals surface area contributed by atoms with Gasteiger partial charge in [-0.1, -0.05) is 23.6 Å². The van der Waals surface area contributed by atoms with E-state index in [2.05, 4.69) is 5.92 Å². The van der Waals surface area contributed by atoms with E-state index in [0.717, 1.165) is 5.56 Å². The third kappa shape index (κ3) is 2.74. The van der Waals surface area contributed by atoms with Crippen LogP contribution in [0.5, 0.6) is 0 Å². The van der Waals surface area contributed by atoms with E-state index in [1.807, 2.05) is 13.0 Å². The van der Waals surface area contributed by atoms with Crippen molar-refractivity contribution < 1.29 is 4.79 Å². The molecule has 0 aromatic heterocycles. The standard InChI is InChI=1S/C12H12ClNO/c1-4-7-14(3)12(15)10-6-5-9(2)11(13)8-10/h1,5-6,8H,7H2,2-3H3. The van der Waals surface area contributed by atoms with Crippen LogP contribution in [0.2, 0.25) is 5.02 Å². The quantitative estimate of drug-likeness (QED) is 0.703. The highest BCUT2D eigenvalue weighted by Gasteiger charge is 2.11. The summed E-state index contributed by atoms with van der Waals surface area (Å²) in [5, 5.41) is 0.593. The smallest absolute Gasteiger partial charge is 0.254 e. The average molecular weight is 222 g/mol. The molecule has 0 bridgehead atoms. The van der Waals surface area contributed by atoms with Gasteiger partial charge < -0.3 is 4.90 Å². The summed E-state index contributed by atoms with van der Waals surface area (Å²) in [6.45, 7) is 2.19. The average Bonchev–Trinajstić information content (AvgIpc) is 2.21. The Kier molecular flexibility index (Phi) is 3.76. The van der Waals surface area contributed by atoms with Gasteiger partial charge in [0.25, 0.3) is 5.91 Å². The van der Waals surface area contributed by atoms with Gasteiger partial charge in [0.15, 0.2) is 0 Å². The lowest BCUT2D eigenvalue weighted by Crippen LogP contribution is -2.26. The number of halogens is 1. The summed E-state index contributed by atoms with van der Waals surface area (Å²) < 4.78 is 0. The van der Waals surface area contributed by atoms with Crippen molar-refractivity contribution in [3.63, 3.8) is 0 Å². The Morgan fingerprint density at radius 3 is 2.80 bits per heavy atom. The number of rotatable bonds is 2. The second-order valence-electron chi connectivity index (χ2n) is 3.33. The Morgan fingerprint density at radius 1 is 1.60 bits per heavy atom. The van der Waals surface area contributed by atoms with Crippen LogP contribution in [-0.4, -0.2) is 24.4 Å². The van der Waals surface area contributed by atoms with Crippen LogP contribution in [-0.2, 0) is 0 Å². The van der Waals surface area contributed by atoms with Crippen LogP contribution in [0, 0.1) is 19.3 Å². The fourth-order valence-corrected chi connectivity index (χ4v) is 1.34. The second kappa shape index (κ2) is 4.86. The molecule has 1 amide bonds. The third-order valence-electron chi connectivity index (χ3n) is 2.09. The van der Waals surface area contributed by atoms with E-state index in [-0.39, 0.29) is 5.91 Å². The lowest BCUT2D eigenvalue weighted by molar-refractivity contribution is 0.0812. The van der Waals surface area contributed by atoms with Crippen molar-refractivity contribution in [2.75, 3.05) is 13.6 Å². The predicted molar refractivity (Wildman–Crippen MR) is 62.0 cm³/mol. The molecule has 0 spiro atoms. The number of carbonyl (C=O) groups is 1. The minimum absolute atomic E-state index is 0.116. The molecule has 0 N–H and O–H groups in total. The molecule has 0 saturated carbocycles. The van der Waals surface area contributed by atoms with Crippen LogP contribution >= 0.6 is 11.6 Å². The molecule has 1 rings (SSSR count). The number of hydrogen-bond donors (Lipinski definition) is 0. The molecule has 0 radical (unpaired) electrons. The fraction of sp³-hybridized carbons (Fsp3) is 0.250. The SMILES string of the molecule is C#CCN(C)C(=O)c1ccc(C)c(Cl)c1. The van der Waals surface area contributed by atoms with E-state index < -0.39 is 0 Å². The van der Waals surface area contributed by atoms with Crippen molar-refractivity contribution in [2.45, 2.75) is 6.92 Å². The molecule has 0 fully saturated rings. The van der Waals surface area contributed by atoms with Gasteiger partial charge in [0, 0.05) is 17.6 Å². The third-order valence-corrected chi connectivity index (χ3v) is 2.50. The Bertz CT molecular complexity index is 420. The molecule has 15 heavy (non-hydrogen) atoms. The molecule has 2 nitrogen and oxygen atoms in total. The van der Waals surface area contributed by atoms with Gasteiger partial charge in [-0.05, 0) is 24.6 Å². The summed E-state index contributed by atoms with van der Waals surface area (Å²) in [7, 11) is 1.66. The monoisotopic (exact) mass is 221 g/mol. The number of aryl methyl sites for hydroxylation is 1. The lowest BCUT2D eigenvalue weighted by atomic mass is 10.1. The lowest BCUT2D eigenvalue weighted by Gasteiger charge is -2.14. The van der Waals surface area contributed by atoms with Gasteiger partial charge >= 0.3 is 0 Å². The largest absolute Gasteiger partial charge is 0.331 e. The Morgan fingerprint density at radius 2 is 2.27 bits per heavy atom. The van der Waals surface area contributed by atoms with Crippen LogP contribution < -0.4 is 0 Å². The van der Waals surface area contributed by atoms with Crippen molar-refractivity contribution in [2.24, 2.45) is 0 Å². The van der Waals surface area contributed by atoms with Gasteiger partial charge in [-0.2, -0.15) is 0 Å². The highest BCUT2D eigenvalue weighted by atomic mass is 35.5. The highest BCUT2D eigenvalue weighted by molar-refractivity contribution is 6.31. The summed E-state index contributed by atoms with van der Waals surface area (Å²) in [5.41, 5.74) is 1.51. The zero-order valence-electron chi connectivity index (χ0n) is 8.75. The van der Waals surface area contributed by atoms with E-state index in [1.165, 1.54) is 4.90 Å². The van der Waals surface area contributed by atoms with Gasteiger partial charge in [-0.25, -0.2) is 0 Å². The van der Waals surface area contributed by atoms with Crippen LogP contribution in [0.4, 0.5) is 0 Å². The number of hydrogen-bond acceptors (Lipinski definition) is 1. The van der Waals surface area contributed by atoms with Crippen molar-refractivity contribution in [1.29, 1.82) is 0 Å². The van der Waals surface area contributed by atoms with Gasteiger partial charge in [-0.3, -0.25) is 4.79 Å². The van der Waals surface area contributed by atoms with Crippen LogP contribution in [0.3, 0.4) is 0 Å². The Hall–Kier alpha value is -1.46. The van der Waals surface area contributed by atoms with Gasteiger partial charge in [0.1, 0.15) is 0 Å². The maximum absolute atomic E-state index is 11.8. The molecule has 0 saturated heterocycles. The van der Waals surface area contributed by atoms with Gasteiger partial charge in [0.05, 0.1) is 6.54 Å². The van der Waals surface area contributed by atoms with Crippen LogP contribution in [0.1, 0.15) is 15.9 Å². The Balaban J connectivity index is 2.93. The maximum atomic E-state index is 11.8. The molecule has 3 heteroatoms. The molecule has 0 unspecified atom stereocenters. The van der Waals surface area contributed by atoms with Crippen molar-refractivity contribution in [3.05, 3.63) is 34.3 Å². The molecule has 0 aliphatic heterocycles. The molecule has 0 heterocycles. The topological polar surface area (TPSA) is 20.3 Å². The summed E-state index contributed by atoms with van der Waals surface area (Å²) in [6.07, 6.45) is 5.13. The summed E-state index contributed by atoms with van der Waals surface area (Å²) in [5.74, 6) is 2.30. The summed E-state index contributed by atoms with van der Waals surface area (Å²) in [6, 6.07) is 5.22. The first-order valence-corrected chi connectivity index (χ1v) is 4.89. The van der Waals surface area contributed by atoms with Crippen LogP contribution in [0.15, 0.2) is 18.2 Å². The number of amides is 1. The van der Waals surface area contributed by atoms with Gasteiger partial charge in [0.2, 0.25) is 0 Å². The molecule has 1 aromatic rings. The first-order valence-electron chi connectivity index (χ1n) is 4.51. The number of nitrogens with zero attached hydrogens (tertiary/aromatic N) is 1. The fourth-order valence-electron chi connectivity index (χ4n) is 1.16. The molecule has 0 aliphatic carbocycles. The molecule has 1 aromatic carbocycles. The van der Waals surface area contributed by atoms with Crippen molar-refractivity contribution >= 4 is 17.5 Å². The second-order valence-corrected chi connectivity index (χ2v) is 3.74. The minimum atomic E-state index is -0.116. The first-order chi connectivity index (χ1) is 7.06. The molecule has 78 valence electrons. The highest BCUT2D eigenvalue weighted by Crippen LogP contribution is 2.17. The maximum Gasteiger partial charge on any atom is 0.254 e. The zero-order valence-corrected chi connectivity index (χ0v) is 9.51. The number of carbonyl (C=O) groups excluding carboxylic acids is 1. The zero-order chi connectivity index (χ0) is 11.4. The minimum Gasteiger partial charge on any atom is -0.331 e. The van der Waals surface area contributed by atoms with E-state index in [0.29, 0.717) is 17.1 Å². The number of terminal acetylenes is 1. The molecule has 0 aliphatic rings. The predicted octanol–water partition coefficient (Wildman–Crippen LogP) is 2.35. The van der Waals surface area contributed by atoms with Crippen molar-refractivity contribution in [1.82, 2.24) is 4.90 Å².